The van der Waals surface area contributed by atoms with Gasteiger partial charge in [0.15, 0.2) is 12.4 Å². The van der Waals surface area contributed by atoms with Crippen LogP contribution in [0.2, 0.25) is 10.0 Å². The Kier molecular flexibility index (Phi) is 6.18. The fourth-order valence-electron chi connectivity index (χ4n) is 2.59. The standard InChI is InChI=1S/C18H13Cl2F3N4O3/c1-9-10(19)6-11(20)16(24-9)26-14(28)8-30-15(29)7-27-13-5-3-2-4-12(13)25-17(27)18(21,22)23/h2-6H,7-8H2,1H3,(H,24,26,28). The van der Waals surface area contributed by atoms with Gasteiger partial charge in [-0.2, -0.15) is 13.2 Å². The number of ether oxygens (including phenoxy) is 1. The number of carbonyl (C=O) groups is 2. The van der Waals surface area contributed by atoms with E-state index in [4.69, 9.17) is 27.9 Å². The molecule has 12 heteroatoms. The Balaban J connectivity index is 1.68. The molecule has 0 fully saturated rings. The Morgan fingerprint density at radius 3 is 2.57 bits per heavy atom. The van der Waals surface area contributed by atoms with Crippen LogP contribution in [0.3, 0.4) is 0 Å². The molecule has 0 atom stereocenters. The number of alkyl halides is 3. The molecule has 0 bridgehead atoms. The van der Waals surface area contributed by atoms with Crippen LogP contribution < -0.4 is 5.32 Å². The number of nitrogens with zero attached hydrogens (tertiary/aromatic N) is 3. The molecular formula is C18H13Cl2F3N4O3. The third kappa shape index (κ3) is 4.82. The largest absolute Gasteiger partial charge is 0.454 e. The summed E-state index contributed by atoms with van der Waals surface area (Å²) >= 11 is 11.8. The molecule has 1 N–H and O–H groups in total. The number of aryl methyl sites for hydroxylation is 1. The summed E-state index contributed by atoms with van der Waals surface area (Å²) in [4.78, 5) is 31.6. The molecule has 0 spiro atoms. The topological polar surface area (TPSA) is 86.1 Å². The number of nitrogens with one attached hydrogen (secondary N) is 1. The van der Waals surface area contributed by atoms with Gasteiger partial charge in [-0.25, -0.2) is 9.97 Å². The Morgan fingerprint density at radius 1 is 1.17 bits per heavy atom. The fraction of sp³-hybridized carbons (Fsp3) is 0.222. The number of amides is 1. The van der Waals surface area contributed by atoms with Crippen LogP contribution in [0.4, 0.5) is 19.0 Å². The maximum atomic E-state index is 13.3. The molecule has 0 saturated carbocycles. The quantitative estimate of drug-likeness (QED) is 0.575. The van der Waals surface area contributed by atoms with Gasteiger partial charge in [0.1, 0.15) is 6.54 Å². The number of pyridine rings is 1. The number of esters is 1. The molecule has 2 aromatic heterocycles. The van der Waals surface area contributed by atoms with E-state index in [1.807, 2.05) is 0 Å². The van der Waals surface area contributed by atoms with E-state index in [2.05, 4.69) is 15.3 Å². The number of benzene rings is 1. The summed E-state index contributed by atoms with van der Waals surface area (Å²) in [6.45, 7) is 0.0796. The molecule has 158 valence electrons. The van der Waals surface area contributed by atoms with E-state index in [-0.39, 0.29) is 21.9 Å². The van der Waals surface area contributed by atoms with E-state index in [9.17, 15) is 22.8 Å². The Labute approximate surface area is 177 Å². The van der Waals surface area contributed by atoms with Gasteiger partial charge in [0, 0.05) is 0 Å². The molecule has 1 aromatic carbocycles. The lowest BCUT2D eigenvalue weighted by Crippen LogP contribution is -2.25. The minimum absolute atomic E-state index is 0.0135. The summed E-state index contributed by atoms with van der Waals surface area (Å²) in [5.74, 6) is -3.05. The normalized spacial score (nSPS) is 11.5. The van der Waals surface area contributed by atoms with E-state index in [0.29, 0.717) is 15.3 Å². The Bertz CT molecular complexity index is 1130. The monoisotopic (exact) mass is 460 g/mol. The number of para-hydroxylation sites is 2. The minimum Gasteiger partial charge on any atom is -0.454 e. The summed E-state index contributed by atoms with van der Waals surface area (Å²) in [7, 11) is 0. The molecule has 0 radical (unpaired) electrons. The van der Waals surface area contributed by atoms with Crippen molar-refractivity contribution in [3.05, 3.63) is 51.9 Å². The van der Waals surface area contributed by atoms with Crippen molar-refractivity contribution < 1.29 is 27.5 Å². The molecule has 0 aliphatic carbocycles. The molecule has 2 heterocycles. The highest BCUT2D eigenvalue weighted by atomic mass is 35.5. The highest BCUT2D eigenvalue weighted by molar-refractivity contribution is 6.36. The number of aromatic nitrogens is 3. The van der Waals surface area contributed by atoms with Crippen LogP contribution in [-0.4, -0.2) is 33.0 Å². The lowest BCUT2D eigenvalue weighted by molar-refractivity contribution is -0.152. The van der Waals surface area contributed by atoms with E-state index >= 15 is 0 Å². The summed E-state index contributed by atoms with van der Waals surface area (Å²) in [6.07, 6.45) is -4.77. The van der Waals surface area contributed by atoms with Gasteiger partial charge in [-0.1, -0.05) is 35.3 Å². The summed E-state index contributed by atoms with van der Waals surface area (Å²) in [5.41, 5.74) is 0.605. The van der Waals surface area contributed by atoms with Crippen molar-refractivity contribution in [2.75, 3.05) is 11.9 Å². The number of fused-ring (bicyclic) bond motifs is 1. The van der Waals surface area contributed by atoms with Crippen molar-refractivity contribution in [3.63, 3.8) is 0 Å². The third-order valence-corrected chi connectivity index (χ3v) is 4.59. The molecule has 3 aromatic rings. The van der Waals surface area contributed by atoms with E-state index in [1.54, 1.807) is 6.92 Å². The molecule has 0 aliphatic heterocycles. The first kappa shape index (κ1) is 21.8. The van der Waals surface area contributed by atoms with Gasteiger partial charge in [0.2, 0.25) is 5.82 Å². The van der Waals surface area contributed by atoms with Crippen LogP contribution in [0.5, 0.6) is 0 Å². The first-order chi connectivity index (χ1) is 14.1. The molecule has 1 amide bonds. The molecule has 7 nitrogen and oxygen atoms in total. The molecule has 0 aliphatic rings. The highest BCUT2D eigenvalue weighted by Crippen LogP contribution is 2.31. The van der Waals surface area contributed by atoms with Gasteiger partial charge >= 0.3 is 12.1 Å². The number of carbonyl (C=O) groups excluding carboxylic acids is 2. The number of halogens is 5. The zero-order valence-electron chi connectivity index (χ0n) is 15.3. The van der Waals surface area contributed by atoms with Gasteiger partial charge in [0.25, 0.3) is 5.91 Å². The van der Waals surface area contributed by atoms with E-state index < -0.39 is 37.0 Å². The molecule has 0 saturated heterocycles. The summed E-state index contributed by atoms with van der Waals surface area (Å²) in [6, 6.07) is 7.22. The van der Waals surface area contributed by atoms with Crippen molar-refractivity contribution in [2.24, 2.45) is 0 Å². The number of rotatable bonds is 5. The van der Waals surface area contributed by atoms with Gasteiger partial charge in [0.05, 0.1) is 26.8 Å². The van der Waals surface area contributed by atoms with Crippen LogP contribution in [0, 0.1) is 6.92 Å². The van der Waals surface area contributed by atoms with E-state index in [1.165, 1.54) is 30.3 Å². The van der Waals surface area contributed by atoms with Gasteiger partial charge in [-0.05, 0) is 25.1 Å². The van der Waals surface area contributed by atoms with Crippen LogP contribution in [0.15, 0.2) is 30.3 Å². The van der Waals surface area contributed by atoms with Gasteiger partial charge < -0.3 is 14.6 Å². The van der Waals surface area contributed by atoms with Gasteiger partial charge in [-0.15, -0.1) is 0 Å². The van der Waals surface area contributed by atoms with Gasteiger partial charge in [-0.3, -0.25) is 9.59 Å². The second-order valence-corrected chi connectivity index (χ2v) is 6.92. The second-order valence-electron chi connectivity index (χ2n) is 6.10. The first-order valence-electron chi connectivity index (χ1n) is 8.37. The summed E-state index contributed by atoms with van der Waals surface area (Å²) < 4.78 is 45.3. The maximum absolute atomic E-state index is 13.3. The number of hydrogen-bond acceptors (Lipinski definition) is 5. The Hall–Kier alpha value is -2.85. The first-order valence-corrected chi connectivity index (χ1v) is 9.12. The molecular weight excluding hydrogens is 448 g/mol. The zero-order chi connectivity index (χ0) is 22.1. The average Bonchev–Trinajstić information content (AvgIpc) is 3.03. The van der Waals surface area contributed by atoms with Crippen LogP contribution >= 0.6 is 23.2 Å². The van der Waals surface area contributed by atoms with Crippen molar-refractivity contribution in [1.82, 2.24) is 14.5 Å². The minimum atomic E-state index is -4.77. The van der Waals surface area contributed by atoms with Crippen molar-refractivity contribution >= 4 is 51.9 Å². The molecule has 3 rings (SSSR count). The smallest absolute Gasteiger partial charge is 0.449 e. The van der Waals surface area contributed by atoms with E-state index in [0.717, 1.165) is 0 Å². The van der Waals surface area contributed by atoms with Crippen LogP contribution in [0.25, 0.3) is 11.0 Å². The third-order valence-electron chi connectivity index (χ3n) is 3.92. The highest BCUT2D eigenvalue weighted by Gasteiger charge is 2.38. The maximum Gasteiger partial charge on any atom is 0.449 e. The summed E-state index contributed by atoms with van der Waals surface area (Å²) in [5, 5.41) is 2.72. The SMILES string of the molecule is Cc1nc(NC(=O)COC(=O)Cn2c(C(F)(F)F)nc3ccccc32)c(Cl)cc1Cl. The lowest BCUT2D eigenvalue weighted by atomic mass is 10.3. The van der Waals surface area contributed by atoms with Crippen molar-refractivity contribution in [2.45, 2.75) is 19.6 Å². The number of hydrogen-bond donors (Lipinski definition) is 1. The van der Waals surface area contributed by atoms with Crippen molar-refractivity contribution in [1.29, 1.82) is 0 Å². The predicted molar refractivity (Wildman–Crippen MR) is 103 cm³/mol. The number of imidazole rings is 1. The molecule has 0 unspecified atom stereocenters. The second kappa shape index (κ2) is 8.49. The Morgan fingerprint density at radius 2 is 1.87 bits per heavy atom. The van der Waals surface area contributed by atoms with Crippen LogP contribution in [0.1, 0.15) is 11.5 Å². The lowest BCUT2D eigenvalue weighted by Gasteiger charge is -2.12. The van der Waals surface area contributed by atoms with Crippen molar-refractivity contribution in [3.8, 4) is 0 Å². The predicted octanol–water partition coefficient (Wildman–Crippen LogP) is 4.25. The number of anilines is 1. The zero-order valence-corrected chi connectivity index (χ0v) is 16.8. The molecule has 30 heavy (non-hydrogen) atoms. The fourth-order valence-corrected chi connectivity index (χ4v) is 2.99. The average molecular weight is 461 g/mol. The van der Waals surface area contributed by atoms with Crippen LogP contribution in [-0.2, 0) is 27.0 Å².